The molecule has 0 spiro atoms. The molecule has 0 saturated carbocycles. The van der Waals surface area contributed by atoms with Gasteiger partial charge in [0.15, 0.2) is 0 Å². The molecule has 1 aromatic heterocycles. The number of fused-ring (bicyclic) bond motifs is 1. The number of pyridine rings is 1. The molecule has 4 nitrogen and oxygen atoms in total. The van der Waals surface area contributed by atoms with E-state index in [4.69, 9.17) is 22.1 Å². The molecule has 2 aromatic rings. The van der Waals surface area contributed by atoms with E-state index in [2.05, 4.69) is 4.98 Å². The monoisotopic (exact) mass is 292 g/mol. The van der Waals surface area contributed by atoms with Gasteiger partial charge in [-0.2, -0.15) is 0 Å². The summed E-state index contributed by atoms with van der Waals surface area (Å²) in [6.07, 6.45) is 0.0261. The van der Waals surface area contributed by atoms with Gasteiger partial charge in [-0.05, 0) is 43.5 Å². The van der Waals surface area contributed by atoms with Gasteiger partial charge in [-0.25, -0.2) is 4.79 Å². The van der Waals surface area contributed by atoms with Crippen LogP contribution in [0.15, 0.2) is 12.1 Å². The van der Waals surface area contributed by atoms with Gasteiger partial charge in [0, 0.05) is 21.7 Å². The second-order valence-electron chi connectivity index (χ2n) is 4.74. The van der Waals surface area contributed by atoms with Gasteiger partial charge in [0.2, 0.25) is 0 Å². The van der Waals surface area contributed by atoms with Gasteiger partial charge in [-0.3, -0.25) is 4.98 Å². The van der Waals surface area contributed by atoms with Crippen molar-refractivity contribution in [2.75, 3.05) is 0 Å². The Morgan fingerprint density at radius 3 is 2.70 bits per heavy atom. The Labute approximate surface area is 122 Å². The number of rotatable bonds is 3. The van der Waals surface area contributed by atoms with E-state index in [1.165, 1.54) is 0 Å². The number of carbonyl (C=O) groups excluding carboxylic acids is 1. The van der Waals surface area contributed by atoms with Crippen LogP contribution in [-0.2, 0) is 17.8 Å². The first kappa shape index (κ1) is 14.6. The highest BCUT2D eigenvalue weighted by molar-refractivity contribution is 6.32. The fourth-order valence-corrected chi connectivity index (χ4v) is 2.44. The average Bonchev–Trinajstić information content (AvgIpc) is 2.39. The molecule has 0 unspecified atom stereocenters. The van der Waals surface area contributed by atoms with Crippen LogP contribution in [0.25, 0.3) is 10.9 Å². The number of nitrogens with two attached hydrogens (primary N) is 1. The lowest BCUT2D eigenvalue weighted by molar-refractivity contribution is 0.150. The second-order valence-corrected chi connectivity index (χ2v) is 5.15. The van der Waals surface area contributed by atoms with Crippen LogP contribution in [0, 0.1) is 13.8 Å². The van der Waals surface area contributed by atoms with Crippen LogP contribution in [0.3, 0.4) is 0 Å². The molecule has 0 aliphatic heterocycles. The number of halogens is 1. The fourth-order valence-electron chi connectivity index (χ4n) is 2.28. The zero-order valence-corrected chi connectivity index (χ0v) is 12.5. The molecular formula is C15H17ClN2O2. The minimum absolute atomic E-state index is 0.132. The number of benzene rings is 1. The average molecular weight is 293 g/mol. The molecule has 0 aliphatic carbocycles. The van der Waals surface area contributed by atoms with Crippen molar-refractivity contribution in [2.45, 2.75) is 33.8 Å². The van der Waals surface area contributed by atoms with E-state index in [0.29, 0.717) is 5.02 Å². The SMILES string of the molecule is CCc1nc2cc(C)c(Cl)cc2c(COC(N)=O)c1C. The minimum atomic E-state index is -0.786. The van der Waals surface area contributed by atoms with Crippen molar-refractivity contribution in [3.63, 3.8) is 0 Å². The van der Waals surface area contributed by atoms with Crippen molar-refractivity contribution in [3.8, 4) is 0 Å². The second kappa shape index (κ2) is 5.67. The van der Waals surface area contributed by atoms with Crippen LogP contribution in [0.2, 0.25) is 5.02 Å². The molecule has 1 heterocycles. The molecule has 0 radical (unpaired) electrons. The van der Waals surface area contributed by atoms with Gasteiger partial charge in [-0.15, -0.1) is 0 Å². The number of amides is 1. The summed E-state index contributed by atoms with van der Waals surface area (Å²) < 4.78 is 4.95. The van der Waals surface area contributed by atoms with E-state index in [1.807, 2.05) is 32.9 Å². The van der Waals surface area contributed by atoms with Gasteiger partial charge in [-0.1, -0.05) is 18.5 Å². The van der Waals surface area contributed by atoms with Gasteiger partial charge >= 0.3 is 6.09 Å². The van der Waals surface area contributed by atoms with Crippen molar-refractivity contribution in [3.05, 3.63) is 39.5 Å². The van der Waals surface area contributed by atoms with E-state index in [-0.39, 0.29) is 6.61 Å². The third kappa shape index (κ3) is 2.70. The molecule has 0 fully saturated rings. The number of carbonyl (C=O) groups is 1. The third-order valence-corrected chi connectivity index (χ3v) is 3.84. The Bertz CT molecular complexity index is 683. The molecule has 0 atom stereocenters. The third-order valence-electron chi connectivity index (χ3n) is 3.44. The van der Waals surface area contributed by atoms with Gasteiger partial charge in [0.05, 0.1) is 5.52 Å². The highest BCUT2D eigenvalue weighted by atomic mass is 35.5. The molecule has 0 aliphatic rings. The van der Waals surface area contributed by atoms with Crippen molar-refractivity contribution < 1.29 is 9.53 Å². The largest absolute Gasteiger partial charge is 0.445 e. The van der Waals surface area contributed by atoms with E-state index >= 15 is 0 Å². The van der Waals surface area contributed by atoms with Crippen LogP contribution >= 0.6 is 11.6 Å². The van der Waals surface area contributed by atoms with Crippen LogP contribution < -0.4 is 5.73 Å². The highest BCUT2D eigenvalue weighted by Gasteiger charge is 2.13. The Hall–Kier alpha value is -1.81. The molecule has 0 saturated heterocycles. The normalized spacial score (nSPS) is 10.8. The molecule has 106 valence electrons. The van der Waals surface area contributed by atoms with Crippen molar-refractivity contribution in [1.82, 2.24) is 4.98 Å². The van der Waals surface area contributed by atoms with Crippen LogP contribution in [0.4, 0.5) is 4.79 Å². The number of aromatic nitrogens is 1. The number of ether oxygens (including phenoxy) is 1. The summed E-state index contributed by atoms with van der Waals surface area (Å²) in [5.74, 6) is 0. The van der Waals surface area contributed by atoms with E-state index in [1.54, 1.807) is 0 Å². The standard InChI is InChI=1S/C15H17ClN2O2/c1-4-13-9(3)11(7-20-15(17)19)10-6-12(16)8(2)5-14(10)18-13/h5-6H,4,7H2,1-3H3,(H2,17,19). The predicted octanol–water partition coefficient (Wildman–Crippen LogP) is 3.66. The van der Waals surface area contributed by atoms with E-state index in [9.17, 15) is 4.79 Å². The molecular weight excluding hydrogens is 276 g/mol. The summed E-state index contributed by atoms with van der Waals surface area (Å²) in [6.45, 7) is 6.09. The summed E-state index contributed by atoms with van der Waals surface area (Å²) in [7, 11) is 0. The van der Waals surface area contributed by atoms with Crippen LogP contribution in [0.5, 0.6) is 0 Å². The summed E-state index contributed by atoms with van der Waals surface area (Å²) in [5, 5.41) is 1.57. The maximum absolute atomic E-state index is 10.9. The maximum Gasteiger partial charge on any atom is 0.404 e. The zero-order chi connectivity index (χ0) is 14.9. The Morgan fingerprint density at radius 1 is 1.40 bits per heavy atom. The van der Waals surface area contributed by atoms with Crippen LogP contribution in [-0.4, -0.2) is 11.1 Å². The summed E-state index contributed by atoms with van der Waals surface area (Å²) in [5.41, 5.74) is 9.80. The van der Waals surface area contributed by atoms with Crippen LogP contribution in [0.1, 0.15) is 29.3 Å². The molecule has 5 heteroatoms. The smallest absolute Gasteiger partial charge is 0.404 e. The van der Waals surface area contributed by atoms with Gasteiger partial charge in [0.25, 0.3) is 0 Å². The van der Waals surface area contributed by atoms with Crippen molar-refractivity contribution in [2.24, 2.45) is 5.73 Å². The first-order valence-corrected chi connectivity index (χ1v) is 6.82. The van der Waals surface area contributed by atoms with E-state index in [0.717, 1.165) is 39.7 Å². The number of primary amides is 1. The van der Waals surface area contributed by atoms with E-state index < -0.39 is 6.09 Å². The number of hydrogen-bond acceptors (Lipinski definition) is 3. The Kier molecular flexibility index (Phi) is 4.14. The number of aryl methyl sites for hydroxylation is 2. The first-order valence-electron chi connectivity index (χ1n) is 6.44. The van der Waals surface area contributed by atoms with Crippen molar-refractivity contribution >= 4 is 28.6 Å². The molecule has 0 bridgehead atoms. The summed E-state index contributed by atoms with van der Waals surface area (Å²) >= 11 is 6.19. The molecule has 2 rings (SSSR count). The Balaban J connectivity index is 2.69. The van der Waals surface area contributed by atoms with Crippen molar-refractivity contribution in [1.29, 1.82) is 0 Å². The summed E-state index contributed by atoms with van der Waals surface area (Å²) in [6, 6.07) is 3.81. The topological polar surface area (TPSA) is 65.2 Å². The number of hydrogen-bond donors (Lipinski definition) is 1. The highest BCUT2D eigenvalue weighted by Crippen LogP contribution is 2.29. The quantitative estimate of drug-likeness (QED) is 0.939. The zero-order valence-electron chi connectivity index (χ0n) is 11.8. The predicted molar refractivity (Wildman–Crippen MR) is 80.0 cm³/mol. The molecule has 1 aromatic carbocycles. The fraction of sp³-hybridized carbons (Fsp3) is 0.333. The lowest BCUT2D eigenvalue weighted by atomic mass is 10.00. The molecule has 2 N–H and O–H groups in total. The summed E-state index contributed by atoms with van der Waals surface area (Å²) in [4.78, 5) is 15.5. The Morgan fingerprint density at radius 2 is 2.10 bits per heavy atom. The minimum Gasteiger partial charge on any atom is -0.445 e. The molecule has 20 heavy (non-hydrogen) atoms. The lowest BCUT2D eigenvalue weighted by Crippen LogP contribution is -2.14. The van der Waals surface area contributed by atoms with Gasteiger partial charge in [0.1, 0.15) is 6.61 Å². The maximum atomic E-state index is 10.9. The molecule has 1 amide bonds. The number of nitrogens with zero attached hydrogens (tertiary/aromatic N) is 1. The first-order chi connectivity index (χ1) is 9.43. The lowest BCUT2D eigenvalue weighted by Gasteiger charge is -2.14. The van der Waals surface area contributed by atoms with Gasteiger partial charge < -0.3 is 10.5 Å².